The maximum absolute atomic E-state index is 12.0. The van der Waals surface area contributed by atoms with E-state index in [2.05, 4.69) is 21.2 Å². The maximum Gasteiger partial charge on any atom is 0.274 e. The smallest absolute Gasteiger partial charge is 0.274 e. The lowest BCUT2D eigenvalue weighted by atomic mass is 10.2. The molecule has 0 spiro atoms. The van der Waals surface area contributed by atoms with Crippen LogP contribution in [-0.4, -0.2) is 22.7 Å². The molecule has 1 heterocycles. The molecule has 0 unspecified atom stereocenters. The average Bonchev–Trinajstić information content (AvgIpc) is 3.46. The number of nitrogens with zero attached hydrogens (tertiary/aromatic N) is 1. The molecule has 122 valence electrons. The van der Waals surface area contributed by atoms with Crippen LogP contribution in [0.3, 0.4) is 0 Å². The number of hydrazine groups is 1. The van der Waals surface area contributed by atoms with Crippen molar-refractivity contribution >= 4 is 23.4 Å². The molecule has 0 bridgehead atoms. The van der Waals surface area contributed by atoms with Crippen molar-refractivity contribution in [2.75, 3.05) is 5.32 Å². The van der Waals surface area contributed by atoms with Gasteiger partial charge in [-0.25, -0.2) is 0 Å². The summed E-state index contributed by atoms with van der Waals surface area (Å²) in [6.45, 7) is 0. The van der Waals surface area contributed by atoms with E-state index in [9.17, 15) is 14.4 Å². The van der Waals surface area contributed by atoms with E-state index in [1.807, 2.05) is 0 Å². The van der Waals surface area contributed by atoms with Crippen LogP contribution < -0.4 is 16.2 Å². The Morgan fingerprint density at radius 1 is 0.917 bits per heavy atom. The van der Waals surface area contributed by atoms with Gasteiger partial charge in [-0.05, 0) is 49.2 Å². The molecular weight excluding hydrogens is 308 g/mol. The lowest BCUT2D eigenvalue weighted by molar-refractivity contribution is -0.123. The number of hydrogen-bond donors (Lipinski definition) is 3. The van der Waals surface area contributed by atoms with E-state index < -0.39 is 5.91 Å². The van der Waals surface area contributed by atoms with Crippen LogP contribution in [0.15, 0.2) is 48.7 Å². The Hall–Kier alpha value is -3.22. The van der Waals surface area contributed by atoms with Gasteiger partial charge >= 0.3 is 0 Å². The van der Waals surface area contributed by atoms with Gasteiger partial charge in [-0.2, -0.15) is 0 Å². The van der Waals surface area contributed by atoms with E-state index in [0.29, 0.717) is 16.9 Å². The molecule has 3 N–H and O–H groups in total. The Bertz CT molecular complexity index is 755. The molecule has 1 aromatic heterocycles. The normalized spacial score (nSPS) is 13.0. The molecule has 0 atom stereocenters. The molecule has 7 heteroatoms. The number of carbonyl (C=O) groups is 3. The van der Waals surface area contributed by atoms with Crippen LogP contribution in [0.25, 0.3) is 0 Å². The number of pyridine rings is 1. The van der Waals surface area contributed by atoms with Crippen LogP contribution in [0.4, 0.5) is 5.69 Å². The Balaban J connectivity index is 1.55. The summed E-state index contributed by atoms with van der Waals surface area (Å²) >= 11 is 0. The molecule has 3 amide bonds. The first kappa shape index (κ1) is 15.7. The second-order valence-electron chi connectivity index (χ2n) is 5.46. The average molecular weight is 324 g/mol. The minimum atomic E-state index is -0.411. The van der Waals surface area contributed by atoms with Gasteiger partial charge in [-0.3, -0.25) is 30.2 Å². The Kier molecular flexibility index (Phi) is 4.51. The van der Waals surface area contributed by atoms with Crippen molar-refractivity contribution in [1.82, 2.24) is 15.8 Å². The number of amides is 3. The first-order chi connectivity index (χ1) is 11.6. The van der Waals surface area contributed by atoms with Crippen molar-refractivity contribution in [3.63, 3.8) is 0 Å². The quantitative estimate of drug-likeness (QED) is 0.742. The van der Waals surface area contributed by atoms with E-state index in [1.54, 1.807) is 42.5 Å². The lowest BCUT2D eigenvalue weighted by Gasteiger charge is -2.08. The van der Waals surface area contributed by atoms with Crippen LogP contribution in [0.2, 0.25) is 0 Å². The molecule has 3 rings (SSSR count). The van der Waals surface area contributed by atoms with Crippen molar-refractivity contribution in [3.05, 3.63) is 59.9 Å². The van der Waals surface area contributed by atoms with E-state index in [0.717, 1.165) is 12.8 Å². The topological polar surface area (TPSA) is 100 Å². The minimum Gasteiger partial charge on any atom is -0.321 e. The van der Waals surface area contributed by atoms with Crippen molar-refractivity contribution < 1.29 is 14.4 Å². The van der Waals surface area contributed by atoms with Gasteiger partial charge in [0.25, 0.3) is 11.8 Å². The number of benzene rings is 1. The number of nitrogens with one attached hydrogen (secondary N) is 3. The lowest BCUT2D eigenvalue weighted by Crippen LogP contribution is -2.42. The molecule has 1 aliphatic rings. The van der Waals surface area contributed by atoms with Crippen molar-refractivity contribution in [1.29, 1.82) is 0 Å². The van der Waals surface area contributed by atoms with E-state index in [-0.39, 0.29) is 17.7 Å². The zero-order chi connectivity index (χ0) is 16.9. The van der Waals surface area contributed by atoms with Crippen LogP contribution in [0, 0.1) is 5.92 Å². The number of anilines is 1. The zero-order valence-electron chi connectivity index (χ0n) is 12.8. The third kappa shape index (κ3) is 3.95. The molecule has 1 fully saturated rings. The van der Waals surface area contributed by atoms with E-state index in [4.69, 9.17) is 0 Å². The van der Waals surface area contributed by atoms with Gasteiger partial charge in [0.15, 0.2) is 0 Å². The second kappa shape index (κ2) is 6.91. The highest BCUT2D eigenvalue weighted by molar-refractivity contribution is 6.03. The summed E-state index contributed by atoms with van der Waals surface area (Å²) in [5, 5.41) is 2.69. The standard InChI is InChI=1S/C17H16N4O3/c22-15(11-4-5-11)20-21-16(23)12-6-8-13(9-7-12)19-17(24)14-3-1-2-10-18-14/h1-3,6-11H,4-5H2,(H,19,24)(H,20,22)(H,21,23). The Labute approximate surface area is 138 Å². The van der Waals surface area contributed by atoms with Gasteiger partial charge in [0.1, 0.15) is 5.69 Å². The van der Waals surface area contributed by atoms with Crippen molar-refractivity contribution in [2.45, 2.75) is 12.8 Å². The van der Waals surface area contributed by atoms with Crippen LogP contribution in [0.5, 0.6) is 0 Å². The van der Waals surface area contributed by atoms with Gasteiger partial charge < -0.3 is 5.32 Å². The maximum atomic E-state index is 12.0. The summed E-state index contributed by atoms with van der Waals surface area (Å²) in [7, 11) is 0. The highest BCUT2D eigenvalue weighted by atomic mass is 16.2. The van der Waals surface area contributed by atoms with Crippen molar-refractivity contribution in [2.24, 2.45) is 5.92 Å². The molecule has 0 aliphatic heterocycles. The second-order valence-corrected chi connectivity index (χ2v) is 5.46. The molecule has 1 saturated carbocycles. The Morgan fingerprint density at radius 3 is 2.29 bits per heavy atom. The largest absolute Gasteiger partial charge is 0.321 e. The fourth-order valence-corrected chi connectivity index (χ4v) is 2.04. The third-order valence-electron chi connectivity index (χ3n) is 3.55. The summed E-state index contributed by atoms with van der Waals surface area (Å²) in [5.74, 6) is -0.881. The monoisotopic (exact) mass is 324 g/mol. The molecule has 1 aliphatic carbocycles. The minimum absolute atomic E-state index is 0.0227. The van der Waals surface area contributed by atoms with Crippen LogP contribution in [-0.2, 0) is 4.79 Å². The third-order valence-corrected chi connectivity index (χ3v) is 3.55. The van der Waals surface area contributed by atoms with Gasteiger partial charge in [-0.15, -0.1) is 0 Å². The predicted molar refractivity (Wildman–Crippen MR) is 87.0 cm³/mol. The fourth-order valence-electron chi connectivity index (χ4n) is 2.04. The first-order valence-electron chi connectivity index (χ1n) is 7.56. The van der Waals surface area contributed by atoms with E-state index >= 15 is 0 Å². The molecule has 24 heavy (non-hydrogen) atoms. The SMILES string of the molecule is O=C(NNC(=O)C1CC1)c1ccc(NC(=O)c2ccccn2)cc1. The van der Waals surface area contributed by atoms with Gasteiger partial charge in [-0.1, -0.05) is 6.07 Å². The van der Waals surface area contributed by atoms with E-state index in [1.165, 1.54) is 6.20 Å². The van der Waals surface area contributed by atoms with Crippen LogP contribution in [0.1, 0.15) is 33.7 Å². The summed E-state index contributed by atoms with van der Waals surface area (Å²) in [5.41, 5.74) is 5.99. The van der Waals surface area contributed by atoms with Crippen LogP contribution >= 0.6 is 0 Å². The number of aromatic nitrogens is 1. The van der Waals surface area contributed by atoms with Gasteiger partial charge in [0.2, 0.25) is 5.91 Å². The fraction of sp³-hybridized carbons (Fsp3) is 0.176. The Morgan fingerprint density at radius 2 is 1.67 bits per heavy atom. The summed E-state index contributed by atoms with van der Waals surface area (Å²) < 4.78 is 0. The van der Waals surface area contributed by atoms with Crippen molar-refractivity contribution in [3.8, 4) is 0 Å². The summed E-state index contributed by atoms with van der Waals surface area (Å²) in [4.78, 5) is 39.3. The number of carbonyl (C=O) groups excluding carboxylic acids is 3. The molecule has 0 radical (unpaired) electrons. The number of hydrogen-bond acceptors (Lipinski definition) is 4. The predicted octanol–water partition coefficient (Wildman–Crippen LogP) is 1.50. The number of rotatable bonds is 4. The van der Waals surface area contributed by atoms with Gasteiger partial charge in [0, 0.05) is 23.4 Å². The zero-order valence-corrected chi connectivity index (χ0v) is 12.8. The highest BCUT2D eigenvalue weighted by Crippen LogP contribution is 2.28. The summed E-state index contributed by atoms with van der Waals surface area (Å²) in [6, 6.07) is 11.4. The summed E-state index contributed by atoms with van der Waals surface area (Å²) in [6.07, 6.45) is 3.27. The molecular formula is C17H16N4O3. The first-order valence-corrected chi connectivity index (χ1v) is 7.56. The molecule has 2 aromatic rings. The van der Waals surface area contributed by atoms with Gasteiger partial charge in [0.05, 0.1) is 0 Å². The highest BCUT2D eigenvalue weighted by Gasteiger charge is 2.29. The molecule has 0 saturated heterocycles. The molecule has 1 aromatic carbocycles. The molecule has 7 nitrogen and oxygen atoms in total.